The van der Waals surface area contributed by atoms with Crippen molar-refractivity contribution in [2.45, 2.75) is 23.5 Å². The van der Waals surface area contributed by atoms with Crippen molar-refractivity contribution < 1.29 is 19.1 Å². The number of anilines is 3. The summed E-state index contributed by atoms with van der Waals surface area (Å²) in [4.78, 5) is 42.4. The Morgan fingerprint density at radius 3 is 2.18 bits per heavy atom. The molecular weight excluding hydrogens is 572 g/mol. The van der Waals surface area contributed by atoms with Gasteiger partial charge in [0.2, 0.25) is 5.91 Å². The standard InChI is InChI=1S/C35H36N4O4S/c1-5-32(35(42)37-26-13-9-15-29(22-26)43-4)44-30-16-10-14-27(23-30)36-34(41)31(38-33(40)25-11-7-6-8-12-25)21-24-17-19-28(20-18-24)39(2)3/h6-23,32H,5H2,1-4H3,(H,36,41)(H,37,42)(H,38,40)/b31-21+. The van der Waals surface area contributed by atoms with Gasteiger partial charge in [0.15, 0.2) is 0 Å². The van der Waals surface area contributed by atoms with Crippen molar-refractivity contribution in [3.05, 3.63) is 120 Å². The Bertz CT molecular complexity index is 1620. The molecule has 0 aliphatic heterocycles. The van der Waals surface area contributed by atoms with Gasteiger partial charge in [-0.3, -0.25) is 14.4 Å². The van der Waals surface area contributed by atoms with E-state index >= 15 is 0 Å². The Balaban J connectivity index is 1.50. The fourth-order valence-corrected chi connectivity index (χ4v) is 5.25. The Kier molecular flexibility index (Phi) is 11.2. The van der Waals surface area contributed by atoms with Gasteiger partial charge in [0.25, 0.3) is 11.8 Å². The lowest BCUT2D eigenvalue weighted by atomic mass is 10.1. The van der Waals surface area contributed by atoms with Crippen LogP contribution in [0, 0.1) is 0 Å². The molecule has 3 N–H and O–H groups in total. The van der Waals surface area contributed by atoms with Gasteiger partial charge in [0.1, 0.15) is 11.4 Å². The van der Waals surface area contributed by atoms with Crippen molar-refractivity contribution in [1.82, 2.24) is 5.32 Å². The summed E-state index contributed by atoms with van der Waals surface area (Å²) < 4.78 is 5.25. The number of nitrogens with one attached hydrogen (secondary N) is 3. The number of carbonyl (C=O) groups is 3. The third-order valence-electron chi connectivity index (χ3n) is 6.62. The molecule has 9 heteroatoms. The summed E-state index contributed by atoms with van der Waals surface area (Å²) in [6.45, 7) is 1.95. The molecule has 0 spiro atoms. The number of methoxy groups -OCH3 is 1. The highest BCUT2D eigenvalue weighted by atomic mass is 32.2. The molecule has 4 aromatic rings. The first-order valence-electron chi connectivity index (χ1n) is 14.1. The number of ether oxygens (including phenoxy) is 1. The third kappa shape index (κ3) is 8.99. The van der Waals surface area contributed by atoms with E-state index in [-0.39, 0.29) is 16.9 Å². The summed E-state index contributed by atoms with van der Waals surface area (Å²) in [6, 6.07) is 30.9. The molecule has 44 heavy (non-hydrogen) atoms. The maximum atomic E-state index is 13.5. The van der Waals surface area contributed by atoms with Gasteiger partial charge in [-0.2, -0.15) is 0 Å². The van der Waals surface area contributed by atoms with Crippen molar-refractivity contribution >= 4 is 52.6 Å². The number of benzene rings is 4. The normalized spacial score (nSPS) is 11.7. The molecule has 1 unspecified atom stereocenters. The van der Waals surface area contributed by atoms with Gasteiger partial charge < -0.3 is 25.6 Å². The van der Waals surface area contributed by atoms with Gasteiger partial charge >= 0.3 is 0 Å². The van der Waals surface area contributed by atoms with Crippen molar-refractivity contribution in [2.24, 2.45) is 0 Å². The highest BCUT2D eigenvalue weighted by molar-refractivity contribution is 8.00. The lowest BCUT2D eigenvalue weighted by Crippen LogP contribution is -2.30. The monoisotopic (exact) mass is 608 g/mol. The summed E-state index contributed by atoms with van der Waals surface area (Å²) in [5.74, 6) is -0.342. The van der Waals surface area contributed by atoms with Crippen LogP contribution >= 0.6 is 11.8 Å². The van der Waals surface area contributed by atoms with Crippen LogP contribution in [0.5, 0.6) is 5.75 Å². The van der Waals surface area contributed by atoms with Crippen molar-refractivity contribution in [3.63, 3.8) is 0 Å². The third-order valence-corrected chi connectivity index (χ3v) is 7.98. The van der Waals surface area contributed by atoms with Crippen LogP contribution in [-0.4, -0.2) is 44.2 Å². The van der Waals surface area contributed by atoms with Gasteiger partial charge in [0.05, 0.1) is 12.4 Å². The number of carbonyl (C=O) groups excluding carboxylic acids is 3. The second-order valence-corrected chi connectivity index (χ2v) is 11.4. The van der Waals surface area contributed by atoms with Crippen LogP contribution in [0.4, 0.5) is 17.1 Å². The fourth-order valence-electron chi connectivity index (χ4n) is 4.23. The SMILES string of the molecule is CCC(Sc1cccc(NC(=O)/C(=C\c2ccc(N(C)C)cc2)NC(=O)c2ccccc2)c1)C(=O)Nc1cccc(OC)c1. The molecule has 1 atom stereocenters. The number of nitrogens with zero attached hydrogens (tertiary/aromatic N) is 1. The van der Waals surface area contributed by atoms with E-state index in [0.29, 0.717) is 29.1 Å². The summed E-state index contributed by atoms with van der Waals surface area (Å²) in [7, 11) is 5.48. The molecule has 0 aliphatic carbocycles. The molecule has 0 heterocycles. The highest BCUT2D eigenvalue weighted by Gasteiger charge is 2.20. The average Bonchev–Trinajstić information content (AvgIpc) is 3.04. The Morgan fingerprint density at radius 1 is 0.841 bits per heavy atom. The van der Waals surface area contributed by atoms with Gasteiger partial charge in [-0.25, -0.2) is 0 Å². The molecule has 0 radical (unpaired) electrons. The smallest absolute Gasteiger partial charge is 0.272 e. The number of hydrogen-bond donors (Lipinski definition) is 3. The zero-order valence-electron chi connectivity index (χ0n) is 25.2. The minimum Gasteiger partial charge on any atom is -0.497 e. The molecule has 3 amide bonds. The molecule has 0 aliphatic rings. The lowest BCUT2D eigenvalue weighted by Gasteiger charge is -2.16. The number of amides is 3. The van der Waals surface area contributed by atoms with Gasteiger partial charge in [-0.1, -0.05) is 49.4 Å². The quantitative estimate of drug-likeness (QED) is 0.123. The van der Waals surface area contributed by atoms with Crippen LogP contribution in [0.3, 0.4) is 0 Å². The van der Waals surface area contributed by atoms with E-state index in [9.17, 15) is 14.4 Å². The zero-order valence-corrected chi connectivity index (χ0v) is 26.0. The predicted molar refractivity (Wildman–Crippen MR) is 179 cm³/mol. The zero-order chi connectivity index (χ0) is 31.5. The molecule has 226 valence electrons. The van der Waals surface area contributed by atoms with E-state index in [2.05, 4.69) is 16.0 Å². The van der Waals surface area contributed by atoms with Gasteiger partial charge in [-0.15, -0.1) is 11.8 Å². The summed E-state index contributed by atoms with van der Waals surface area (Å²) >= 11 is 1.41. The molecule has 0 fully saturated rings. The Hall–Kier alpha value is -5.02. The van der Waals surface area contributed by atoms with Crippen LogP contribution in [0.15, 0.2) is 114 Å². The Labute approximate surface area is 262 Å². The first-order valence-corrected chi connectivity index (χ1v) is 15.0. The number of hydrogen-bond acceptors (Lipinski definition) is 6. The second kappa shape index (κ2) is 15.5. The first kappa shape index (κ1) is 31.9. The average molecular weight is 609 g/mol. The molecule has 4 aromatic carbocycles. The van der Waals surface area contributed by atoms with Crippen molar-refractivity contribution in [2.75, 3.05) is 36.7 Å². The molecule has 8 nitrogen and oxygen atoms in total. The van der Waals surface area contributed by atoms with Crippen LogP contribution < -0.4 is 25.6 Å². The maximum Gasteiger partial charge on any atom is 0.272 e. The van der Waals surface area contributed by atoms with E-state index in [0.717, 1.165) is 16.1 Å². The van der Waals surface area contributed by atoms with Crippen molar-refractivity contribution in [3.8, 4) is 5.75 Å². The topological polar surface area (TPSA) is 99.8 Å². The molecule has 4 rings (SSSR count). The highest BCUT2D eigenvalue weighted by Crippen LogP contribution is 2.29. The molecule has 0 saturated carbocycles. The van der Waals surface area contributed by atoms with Crippen LogP contribution in [0.1, 0.15) is 29.3 Å². The van der Waals surface area contributed by atoms with Crippen LogP contribution in [0.25, 0.3) is 6.08 Å². The van der Waals surface area contributed by atoms with E-state index in [1.54, 1.807) is 49.6 Å². The maximum absolute atomic E-state index is 13.5. The first-order chi connectivity index (χ1) is 21.2. The molecule has 0 saturated heterocycles. The lowest BCUT2D eigenvalue weighted by molar-refractivity contribution is -0.116. The van der Waals surface area contributed by atoms with E-state index < -0.39 is 11.8 Å². The van der Waals surface area contributed by atoms with Crippen LogP contribution in [0.2, 0.25) is 0 Å². The second-order valence-electron chi connectivity index (χ2n) is 10.1. The van der Waals surface area contributed by atoms with Gasteiger partial charge in [-0.05, 0) is 72.7 Å². The van der Waals surface area contributed by atoms with E-state index in [1.165, 1.54) is 11.8 Å². The van der Waals surface area contributed by atoms with Gasteiger partial charge in [0, 0.05) is 47.7 Å². The van der Waals surface area contributed by atoms with Crippen molar-refractivity contribution in [1.29, 1.82) is 0 Å². The molecule has 0 bridgehead atoms. The van der Waals surface area contributed by atoms with E-state index in [1.807, 2.05) is 92.6 Å². The van der Waals surface area contributed by atoms with E-state index in [4.69, 9.17) is 4.74 Å². The van der Waals surface area contributed by atoms with Crippen LogP contribution in [-0.2, 0) is 9.59 Å². The number of thioether (sulfide) groups is 1. The summed E-state index contributed by atoms with van der Waals surface area (Å²) in [5.41, 5.74) is 3.49. The number of rotatable bonds is 12. The predicted octanol–water partition coefficient (Wildman–Crippen LogP) is 6.68. The minimum atomic E-state index is -0.476. The largest absolute Gasteiger partial charge is 0.497 e. The fraction of sp³-hybridized carbons (Fsp3) is 0.171. The minimum absolute atomic E-state index is 0.0959. The Morgan fingerprint density at radius 2 is 1.52 bits per heavy atom. The molecular formula is C35H36N4O4S. The molecule has 0 aromatic heterocycles. The summed E-state index contributed by atoms with van der Waals surface area (Å²) in [6.07, 6.45) is 2.24. The summed E-state index contributed by atoms with van der Waals surface area (Å²) in [5, 5.41) is 8.27.